The first-order valence-corrected chi connectivity index (χ1v) is 3.34. The van der Waals surface area contributed by atoms with E-state index in [1.807, 2.05) is 0 Å². The monoisotopic (exact) mass is 122 g/mol. The van der Waals surface area contributed by atoms with E-state index in [0.717, 1.165) is 13.0 Å². The molecule has 48 valence electrons. The van der Waals surface area contributed by atoms with Crippen molar-refractivity contribution in [3.8, 4) is 0 Å². The highest BCUT2D eigenvalue weighted by Crippen LogP contribution is 2.20. The summed E-state index contributed by atoms with van der Waals surface area (Å²) in [5.74, 6) is 0. The molecule has 2 rings (SSSR count). The molecule has 9 heavy (non-hydrogen) atoms. The molecule has 0 saturated carbocycles. The average molecular weight is 122 g/mol. The van der Waals surface area contributed by atoms with Crippen LogP contribution in [-0.4, -0.2) is 6.54 Å². The summed E-state index contributed by atoms with van der Waals surface area (Å²) in [5.41, 5.74) is 9.10. The second kappa shape index (κ2) is 1.88. The Bertz CT molecular complexity index is 179. The molecule has 0 aromatic heterocycles. The number of nitrogens with one attached hydrogen (secondary N) is 2. The Labute approximate surface area is 54.6 Å². The van der Waals surface area contributed by atoms with Gasteiger partial charge in [0.2, 0.25) is 0 Å². The van der Waals surface area contributed by atoms with Crippen LogP contribution in [0.25, 0.3) is 0 Å². The van der Waals surface area contributed by atoms with E-state index < -0.39 is 0 Å². The second-order valence-corrected chi connectivity index (χ2v) is 2.41. The van der Waals surface area contributed by atoms with Crippen molar-refractivity contribution in [2.24, 2.45) is 0 Å². The van der Waals surface area contributed by atoms with Gasteiger partial charge in [-0.25, -0.2) is 5.43 Å². The van der Waals surface area contributed by atoms with E-state index in [2.05, 4.69) is 23.0 Å². The molecule has 1 heterocycles. The Morgan fingerprint density at radius 1 is 1.44 bits per heavy atom. The summed E-state index contributed by atoms with van der Waals surface area (Å²) in [6.07, 6.45) is 6.68. The molecule has 0 amide bonds. The highest BCUT2D eigenvalue weighted by atomic mass is 15.4. The first-order valence-electron chi connectivity index (χ1n) is 3.34. The fraction of sp³-hybridized carbons (Fsp3) is 0.429. The number of hydrazine groups is 1. The summed E-state index contributed by atoms with van der Waals surface area (Å²) in [5, 5.41) is 0. The predicted molar refractivity (Wildman–Crippen MR) is 36.5 cm³/mol. The molecule has 2 heteroatoms. The first-order chi connectivity index (χ1) is 4.47. The number of hydrogen-bond acceptors (Lipinski definition) is 2. The van der Waals surface area contributed by atoms with Gasteiger partial charge in [0.1, 0.15) is 0 Å². The molecule has 2 N–H and O–H groups in total. The van der Waals surface area contributed by atoms with Gasteiger partial charge < -0.3 is 5.43 Å². The minimum Gasteiger partial charge on any atom is -0.325 e. The van der Waals surface area contributed by atoms with Gasteiger partial charge >= 0.3 is 0 Å². The van der Waals surface area contributed by atoms with Gasteiger partial charge in [0.15, 0.2) is 0 Å². The fourth-order valence-electron chi connectivity index (χ4n) is 1.28. The van der Waals surface area contributed by atoms with Crippen molar-refractivity contribution >= 4 is 0 Å². The number of rotatable bonds is 0. The average Bonchev–Trinajstić information content (AvgIpc) is 2.33. The van der Waals surface area contributed by atoms with Gasteiger partial charge in [-0.1, -0.05) is 12.2 Å². The van der Waals surface area contributed by atoms with E-state index >= 15 is 0 Å². The van der Waals surface area contributed by atoms with Crippen molar-refractivity contribution in [3.05, 3.63) is 23.4 Å². The molecule has 0 bridgehead atoms. The molecule has 0 saturated heterocycles. The molecule has 0 unspecified atom stereocenters. The maximum absolute atomic E-state index is 3.15. The maximum atomic E-state index is 3.15. The van der Waals surface area contributed by atoms with E-state index in [9.17, 15) is 0 Å². The fourth-order valence-corrected chi connectivity index (χ4v) is 1.28. The lowest BCUT2D eigenvalue weighted by Crippen LogP contribution is -2.35. The van der Waals surface area contributed by atoms with Crippen LogP contribution in [-0.2, 0) is 0 Å². The third-order valence-corrected chi connectivity index (χ3v) is 1.79. The zero-order valence-corrected chi connectivity index (χ0v) is 5.28. The van der Waals surface area contributed by atoms with Gasteiger partial charge in [-0.3, -0.25) is 0 Å². The van der Waals surface area contributed by atoms with Crippen LogP contribution in [0.4, 0.5) is 0 Å². The molecule has 0 spiro atoms. The number of allylic oxidation sites excluding steroid dienone is 2. The molecule has 2 nitrogen and oxygen atoms in total. The van der Waals surface area contributed by atoms with Crippen molar-refractivity contribution in [2.45, 2.75) is 12.8 Å². The standard InChI is InChI=1S/C7H10N2/c1-2-6-4-5-8-9-7(6)3-1/h1-2,8-9H,3-5H2. The summed E-state index contributed by atoms with van der Waals surface area (Å²) >= 11 is 0. The van der Waals surface area contributed by atoms with Gasteiger partial charge in [0.05, 0.1) is 0 Å². The van der Waals surface area contributed by atoms with Crippen molar-refractivity contribution < 1.29 is 0 Å². The van der Waals surface area contributed by atoms with Gasteiger partial charge in [-0.2, -0.15) is 0 Å². The lowest BCUT2D eigenvalue weighted by Gasteiger charge is -2.16. The SMILES string of the molecule is C1=CC2=C(C1)NNCC2. The van der Waals surface area contributed by atoms with Crippen molar-refractivity contribution in [2.75, 3.05) is 6.54 Å². The molecule has 2 aliphatic rings. The van der Waals surface area contributed by atoms with Crippen LogP contribution in [0.2, 0.25) is 0 Å². The van der Waals surface area contributed by atoms with Crippen LogP contribution in [0.5, 0.6) is 0 Å². The molecule has 0 radical (unpaired) electrons. The summed E-state index contributed by atoms with van der Waals surface area (Å²) in [4.78, 5) is 0. The summed E-state index contributed by atoms with van der Waals surface area (Å²) < 4.78 is 0. The molecular weight excluding hydrogens is 112 g/mol. The normalized spacial score (nSPS) is 24.0. The molecular formula is C7H10N2. The van der Waals surface area contributed by atoms with Gasteiger partial charge in [0, 0.05) is 18.7 Å². The van der Waals surface area contributed by atoms with Gasteiger partial charge in [-0.05, 0) is 12.0 Å². The highest BCUT2D eigenvalue weighted by molar-refractivity contribution is 5.33. The number of hydrogen-bond donors (Lipinski definition) is 2. The Kier molecular flexibility index (Phi) is 1.06. The summed E-state index contributed by atoms with van der Waals surface area (Å²) in [6.45, 7) is 1.06. The van der Waals surface area contributed by atoms with Crippen molar-refractivity contribution in [1.82, 2.24) is 10.9 Å². The molecule has 0 atom stereocenters. The lowest BCUT2D eigenvalue weighted by molar-refractivity contribution is 0.559. The third kappa shape index (κ3) is 0.754. The first kappa shape index (κ1) is 5.06. The Balaban J connectivity index is 2.24. The van der Waals surface area contributed by atoms with Crippen LogP contribution >= 0.6 is 0 Å². The van der Waals surface area contributed by atoms with Gasteiger partial charge in [-0.15, -0.1) is 0 Å². The van der Waals surface area contributed by atoms with E-state index in [1.165, 1.54) is 17.7 Å². The van der Waals surface area contributed by atoms with Crippen LogP contribution < -0.4 is 10.9 Å². The predicted octanol–water partition coefficient (Wildman–Crippen LogP) is 0.698. The molecule has 0 aromatic rings. The summed E-state index contributed by atoms with van der Waals surface area (Å²) in [6, 6.07) is 0. The second-order valence-electron chi connectivity index (χ2n) is 2.41. The van der Waals surface area contributed by atoms with Crippen LogP contribution in [0.3, 0.4) is 0 Å². The quantitative estimate of drug-likeness (QED) is 0.494. The molecule has 1 aliphatic carbocycles. The van der Waals surface area contributed by atoms with E-state index in [0.29, 0.717) is 0 Å². The van der Waals surface area contributed by atoms with E-state index in [-0.39, 0.29) is 0 Å². The molecule has 1 aliphatic heterocycles. The topological polar surface area (TPSA) is 24.1 Å². The third-order valence-electron chi connectivity index (χ3n) is 1.79. The smallest absolute Gasteiger partial charge is 0.0331 e. The maximum Gasteiger partial charge on any atom is 0.0331 e. The zero-order chi connectivity index (χ0) is 6.10. The minimum absolute atomic E-state index is 1.06. The Morgan fingerprint density at radius 2 is 2.44 bits per heavy atom. The van der Waals surface area contributed by atoms with Crippen LogP contribution in [0.15, 0.2) is 23.4 Å². The van der Waals surface area contributed by atoms with Crippen molar-refractivity contribution in [3.63, 3.8) is 0 Å². The Hall–Kier alpha value is -0.760. The molecule has 0 aromatic carbocycles. The van der Waals surface area contributed by atoms with E-state index in [1.54, 1.807) is 0 Å². The molecule has 0 fully saturated rings. The minimum atomic E-state index is 1.06. The lowest BCUT2D eigenvalue weighted by atomic mass is 10.1. The zero-order valence-electron chi connectivity index (χ0n) is 5.28. The van der Waals surface area contributed by atoms with E-state index in [4.69, 9.17) is 0 Å². The Morgan fingerprint density at radius 3 is 3.33 bits per heavy atom. The van der Waals surface area contributed by atoms with Crippen molar-refractivity contribution in [1.29, 1.82) is 0 Å². The van der Waals surface area contributed by atoms with Gasteiger partial charge in [0.25, 0.3) is 0 Å². The summed E-state index contributed by atoms with van der Waals surface area (Å²) in [7, 11) is 0. The van der Waals surface area contributed by atoms with Crippen LogP contribution in [0, 0.1) is 0 Å². The van der Waals surface area contributed by atoms with Crippen LogP contribution in [0.1, 0.15) is 12.8 Å². The highest BCUT2D eigenvalue weighted by Gasteiger charge is 2.11. The largest absolute Gasteiger partial charge is 0.325 e.